The number of aryl methyl sites for hydroxylation is 1. The van der Waals surface area contributed by atoms with Gasteiger partial charge in [0.25, 0.3) is 5.56 Å². The Morgan fingerprint density at radius 2 is 2.00 bits per heavy atom. The van der Waals surface area contributed by atoms with Gasteiger partial charge in [0.15, 0.2) is 0 Å². The van der Waals surface area contributed by atoms with Crippen molar-refractivity contribution in [2.24, 2.45) is 0 Å². The molecule has 0 atom stereocenters. The molecule has 1 fully saturated rings. The fourth-order valence-corrected chi connectivity index (χ4v) is 2.43. The minimum Gasteiger partial charge on any atom is -0.444 e. The van der Waals surface area contributed by atoms with Gasteiger partial charge in [-0.15, -0.1) is 0 Å². The van der Waals surface area contributed by atoms with Crippen LogP contribution >= 0.6 is 0 Å². The summed E-state index contributed by atoms with van der Waals surface area (Å²) in [7, 11) is 0. The van der Waals surface area contributed by atoms with Crippen LogP contribution in [0.4, 0.5) is 10.5 Å². The summed E-state index contributed by atoms with van der Waals surface area (Å²) in [6.07, 6.45) is 3.17. The molecule has 0 saturated heterocycles. The third kappa shape index (κ3) is 4.51. The third-order valence-electron chi connectivity index (χ3n) is 3.55. The summed E-state index contributed by atoms with van der Waals surface area (Å²) in [6, 6.07) is 3.82. The van der Waals surface area contributed by atoms with Crippen LogP contribution in [0.25, 0.3) is 0 Å². The van der Waals surface area contributed by atoms with E-state index in [4.69, 9.17) is 4.74 Å². The van der Waals surface area contributed by atoms with Gasteiger partial charge >= 0.3 is 6.09 Å². The molecule has 2 N–H and O–H groups in total. The lowest BCUT2D eigenvalue weighted by Gasteiger charge is -2.37. The molecule has 122 valence electrons. The first-order valence-corrected chi connectivity index (χ1v) is 7.73. The molecule has 1 amide bonds. The van der Waals surface area contributed by atoms with E-state index in [2.05, 4.69) is 10.6 Å². The molecule has 22 heavy (non-hydrogen) atoms. The van der Waals surface area contributed by atoms with Gasteiger partial charge in [-0.05, 0) is 46.6 Å². The van der Waals surface area contributed by atoms with Crippen LogP contribution in [0.5, 0.6) is 0 Å². The van der Waals surface area contributed by atoms with Crippen molar-refractivity contribution in [3.8, 4) is 0 Å². The lowest BCUT2D eigenvalue weighted by molar-refractivity contribution is 0.0475. The van der Waals surface area contributed by atoms with Crippen molar-refractivity contribution in [3.05, 3.63) is 28.7 Å². The molecule has 1 aromatic rings. The summed E-state index contributed by atoms with van der Waals surface area (Å²) < 4.78 is 6.90. The van der Waals surface area contributed by atoms with E-state index >= 15 is 0 Å². The van der Waals surface area contributed by atoms with E-state index in [-0.39, 0.29) is 17.7 Å². The van der Waals surface area contributed by atoms with Gasteiger partial charge < -0.3 is 19.9 Å². The summed E-state index contributed by atoms with van der Waals surface area (Å²) in [4.78, 5) is 23.2. The van der Waals surface area contributed by atoms with Gasteiger partial charge in [0, 0.05) is 30.9 Å². The van der Waals surface area contributed by atoms with Crippen molar-refractivity contribution in [2.45, 2.75) is 64.8 Å². The number of hydrogen-bond acceptors (Lipinski definition) is 4. The van der Waals surface area contributed by atoms with Crippen LogP contribution < -0.4 is 16.2 Å². The van der Waals surface area contributed by atoms with Gasteiger partial charge in [-0.2, -0.15) is 0 Å². The van der Waals surface area contributed by atoms with Crippen molar-refractivity contribution in [1.29, 1.82) is 0 Å². The zero-order chi connectivity index (χ0) is 16.3. The van der Waals surface area contributed by atoms with Crippen LogP contribution in [0.2, 0.25) is 0 Å². The Kier molecular flexibility index (Phi) is 4.78. The number of carbonyl (C=O) groups is 1. The van der Waals surface area contributed by atoms with Crippen LogP contribution in [-0.4, -0.2) is 28.3 Å². The number of nitrogens with one attached hydrogen (secondary N) is 2. The van der Waals surface area contributed by atoms with Crippen LogP contribution in [0.3, 0.4) is 0 Å². The highest BCUT2D eigenvalue weighted by molar-refractivity contribution is 5.68. The number of rotatable bonds is 4. The molecule has 0 unspecified atom stereocenters. The fraction of sp³-hybridized carbons (Fsp3) is 0.625. The summed E-state index contributed by atoms with van der Waals surface area (Å²) in [5.41, 5.74) is 0.465. The number of pyridine rings is 1. The van der Waals surface area contributed by atoms with Gasteiger partial charge in [-0.25, -0.2) is 4.79 Å². The first-order valence-electron chi connectivity index (χ1n) is 7.73. The quantitative estimate of drug-likeness (QED) is 0.895. The predicted molar refractivity (Wildman–Crippen MR) is 86.2 cm³/mol. The maximum absolute atomic E-state index is 11.7. The number of hydrogen-bond donors (Lipinski definition) is 2. The van der Waals surface area contributed by atoms with E-state index in [1.807, 2.05) is 33.9 Å². The summed E-state index contributed by atoms with van der Waals surface area (Å²) in [5.74, 6) is 0. The number of alkyl carbamates (subject to hydrolysis) is 1. The Morgan fingerprint density at radius 1 is 1.32 bits per heavy atom. The molecule has 6 heteroatoms. The molecular weight excluding hydrogens is 282 g/mol. The summed E-state index contributed by atoms with van der Waals surface area (Å²) >= 11 is 0. The second kappa shape index (κ2) is 6.42. The smallest absolute Gasteiger partial charge is 0.407 e. The van der Waals surface area contributed by atoms with Crippen LogP contribution in [0.1, 0.15) is 40.5 Å². The SMILES string of the molecule is CCn1cc(NC2CC(NC(=O)OC(C)(C)C)C2)ccc1=O. The number of carbonyl (C=O) groups excluding carboxylic acids is 1. The Morgan fingerprint density at radius 3 is 2.59 bits per heavy atom. The average Bonchev–Trinajstić information content (AvgIpc) is 2.36. The Balaban J connectivity index is 1.78. The maximum Gasteiger partial charge on any atom is 0.407 e. The normalized spacial score (nSPS) is 20.9. The third-order valence-corrected chi connectivity index (χ3v) is 3.55. The average molecular weight is 307 g/mol. The molecule has 1 aliphatic carbocycles. The molecular formula is C16H25N3O3. The van der Waals surface area contributed by atoms with E-state index in [9.17, 15) is 9.59 Å². The van der Waals surface area contributed by atoms with Gasteiger partial charge in [-0.1, -0.05) is 0 Å². The lowest BCUT2D eigenvalue weighted by Crippen LogP contribution is -2.50. The number of aromatic nitrogens is 1. The van der Waals surface area contributed by atoms with Gasteiger partial charge in [0.1, 0.15) is 5.60 Å². The van der Waals surface area contributed by atoms with Gasteiger partial charge in [-0.3, -0.25) is 4.79 Å². The number of anilines is 1. The molecule has 1 saturated carbocycles. The van der Waals surface area contributed by atoms with Crippen molar-refractivity contribution in [2.75, 3.05) is 5.32 Å². The molecule has 1 aliphatic rings. The minimum atomic E-state index is -0.473. The number of nitrogens with zero attached hydrogens (tertiary/aromatic N) is 1. The van der Waals surface area contributed by atoms with Gasteiger partial charge in [0.05, 0.1) is 5.69 Å². The van der Waals surface area contributed by atoms with Crippen molar-refractivity contribution >= 4 is 11.8 Å². The molecule has 0 spiro atoms. The summed E-state index contributed by atoms with van der Waals surface area (Å²) in [6.45, 7) is 8.14. The second-order valence-corrected chi connectivity index (χ2v) is 6.70. The van der Waals surface area contributed by atoms with E-state index in [1.54, 1.807) is 16.7 Å². The van der Waals surface area contributed by atoms with Crippen molar-refractivity contribution in [3.63, 3.8) is 0 Å². The van der Waals surface area contributed by atoms with Crippen LogP contribution in [-0.2, 0) is 11.3 Å². The second-order valence-electron chi connectivity index (χ2n) is 6.70. The minimum absolute atomic E-state index is 0.00567. The molecule has 1 aromatic heterocycles. The first-order chi connectivity index (χ1) is 10.3. The molecule has 1 heterocycles. The van der Waals surface area contributed by atoms with E-state index in [0.717, 1.165) is 18.5 Å². The van der Waals surface area contributed by atoms with Crippen molar-refractivity contribution in [1.82, 2.24) is 9.88 Å². The standard InChI is InChI=1S/C16H25N3O3/c1-5-19-10-11(6-7-14(19)20)17-12-8-13(9-12)18-15(21)22-16(2,3)4/h6-7,10,12-13,17H,5,8-9H2,1-4H3,(H,18,21). The topological polar surface area (TPSA) is 72.4 Å². The molecule has 0 radical (unpaired) electrons. The van der Waals surface area contributed by atoms with E-state index < -0.39 is 5.60 Å². The highest BCUT2D eigenvalue weighted by Crippen LogP contribution is 2.24. The number of ether oxygens (including phenoxy) is 1. The zero-order valence-electron chi connectivity index (χ0n) is 13.7. The monoisotopic (exact) mass is 307 g/mol. The first kappa shape index (κ1) is 16.4. The molecule has 2 rings (SSSR count). The largest absolute Gasteiger partial charge is 0.444 e. The number of amides is 1. The maximum atomic E-state index is 11.7. The van der Waals surface area contributed by atoms with E-state index in [0.29, 0.717) is 12.6 Å². The van der Waals surface area contributed by atoms with Crippen molar-refractivity contribution < 1.29 is 9.53 Å². The van der Waals surface area contributed by atoms with Crippen LogP contribution in [0.15, 0.2) is 23.1 Å². The molecule has 0 aliphatic heterocycles. The van der Waals surface area contributed by atoms with Gasteiger partial charge in [0.2, 0.25) is 0 Å². The highest BCUT2D eigenvalue weighted by Gasteiger charge is 2.31. The zero-order valence-corrected chi connectivity index (χ0v) is 13.7. The predicted octanol–water partition coefficient (Wildman–Crippen LogP) is 2.34. The molecule has 0 aromatic carbocycles. The summed E-state index contributed by atoms with van der Waals surface area (Å²) in [5, 5.41) is 6.24. The highest BCUT2D eigenvalue weighted by atomic mass is 16.6. The van der Waals surface area contributed by atoms with E-state index in [1.165, 1.54) is 0 Å². The Hall–Kier alpha value is -1.98. The fourth-order valence-electron chi connectivity index (χ4n) is 2.43. The molecule has 6 nitrogen and oxygen atoms in total. The molecule has 0 bridgehead atoms. The Bertz CT molecular complexity index is 583. The lowest BCUT2D eigenvalue weighted by atomic mass is 9.87. The van der Waals surface area contributed by atoms with Crippen LogP contribution in [0, 0.1) is 0 Å². The Labute approximate surface area is 130 Å².